The van der Waals surface area contributed by atoms with Gasteiger partial charge in [-0.2, -0.15) is 0 Å². The van der Waals surface area contributed by atoms with Gasteiger partial charge in [0.1, 0.15) is 11.5 Å². The zero-order valence-electron chi connectivity index (χ0n) is 10.4. The van der Waals surface area contributed by atoms with E-state index in [1.807, 2.05) is 37.3 Å². The van der Waals surface area contributed by atoms with E-state index in [1.165, 1.54) is 12.8 Å². The Morgan fingerprint density at radius 1 is 1.22 bits per heavy atom. The van der Waals surface area contributed by atoms with E-state index in [0.717, 1.165) is 22.6 Å². The van der Waals surface area contributed by atoms with E-state index in [1.54, 1.807) is 6.26 Å². The molecule has 0 saturated heterocycles. The van der Waals surface area contributed by atoms with Crippen LogP contribution < -0.4 is 10.5 Å². The minimum absolute atomic E-state index is 0.213. The molecule has 1 atom stereocenters. The minimum atomic E-state index is -0.213. The standard InChI is InChI=1S/C15H17NO2/c1-10-8-9-17-15(10)14(16)11-2-4-12(5-3-11)18-13-6-7-13/h2-5,8-9,13-14H,6-7,16H2,1H3. The van der Waals surface area contributed by atoms with Gasteiger partial charge in [0.25, 0.3) is 0 Å². The molecule has 0 amide bonds. The molecule has 1 saturated carbocycles. The number of rotatable bonds is 4. The third-order valence-electron chi connectivity index (χ3n) is 3.25. The monoisotopic (exact) mass is 243 g/mol. The molecular formula is C15H17NO2. The lowest BCUT2D eigenvalue weighted by Gasteiger charge is -2.11. The number of furan rings is 1. The Morgan fingerprint density at radius 2 is 1.94 bits per heavy atom. The van der Waals surface area contributed by atoms with Crippen LogP contribution in [0.3, 0.4) is 0 Å². The van der Waals surface area contributed by atoms with E-state index in [9.17, 15) is 0 Å². The second-order valence-electron chi connectivity index (χ2n) is 4.83. The highest BCUT2D eigenvalue weighted by Gasteiger charge is 2.23. The SMILES string of the molecule is Cc1ccoc1C(N)c1ccc(OC2CC2)cc1. The summed E-state index contributed by atoms with van der Waals surface area (Å²) >= 11 is 0. The molecule has 3 rings (SSSR count). The highest BCUT2D eigenvalue weighted by atomic mass is 16.5. The first-order valence-electron chi connectivity index (χ1n) is 6.30. The van der Waals surface area contributed by atoms with Crippen LogP contribution in [-0.2, 0) is 0 Å². The smallest absolute Gasteiger partial charge is 0.127 e. The average Bonchev–Trinajstić information content (AvgIpc) is 3.09. The fraction of sp³-hybridized carbons (Fsp3) is 0.333. The Kier molecular flexibility index (Phi) is 2.84. The maximum atomic E-state index is 6.19. The maximum Gasteiger partial charge on any atom is 0.127 e. The molecule has 1 aliphatic rings. The molecule has 1 aromatic heterocycles. The van der Waals surface area contributed by atoms with Crippen LogP contribution in [0, 0.1) is 6.92 Å². The molecule has 3 heteroatoms. The van der Waals surface area contributed by atoms with E-state index in [4.69, 9.17) is 14.9 Å². The van der Waals surface area contributed by atoms with Crippen molar-refractivity contribution in [3.05, 3.63) is 53.5 Å². The molecule has 0 bridgehead atoms. The first-order valence-corrected chi connectivity index (χ1v) is 6.30. The summed E-state index contributed by atoms with van der Waals surface area (Å²) in [5, 5.41) is 0. The van der Waals surface area contributed by atoms with Gasteiger partial charge in [0.05, 0.1) is 18.4 Å². The predicted octanol–water partition coefficient (Wildman–Crippen LogP) is 3.18. The fourth-order valence-corrected chi connectivity index (χ4v) is 1.99. The first kappa shape index (κ1) is 11.4. The lowest BCUT2D eigenvalue weighted by atomic mass is 10.0. The van der Waals surface area contributed by atoms with Crippen molar-refractivity contribution in [2.75, 3.05) is 0 Å². The Bertz CT molecular complexity index is 526. The molecule has 1 heterocycles. The summed E-state index contributed by atoms with van der Waals surface area (Å²) in [5.74, 6) is 1.75. The molecule has 1 aromatic carbocycles. The summed E-state index contributed by atoms with van der Waals surface area (Å²) in [6, 6.07) is 9.68. The summed E-state index contributed by atoms with van der Waals surface area (Å²) in [4.78, 5) is 0. The maximum absolute atomic E-state index is 6.19. The topological polar surface area (TPSA) is 48.4 Å². The van der Waals surface area contributed by atoms with Crippen LogP contribution in [-0.4, -0.2) is 6.10 Å². The lowest BCUT2D eigenvalue weighted by Crippen LogP contribution is -2.12. The molecule has 2 N–H and O–H groups in total. The largest absolute Gasteiger partial charge is 0.490 e. The number of nitrogens with two attached hydrogens (primary N) is 1. The van der Waals surface area contributed by atoms with Gasteiger partial charge in [-0.25, -0.2) is 0 Å². The van der Waals surface area contributed by atoms with Crippen LogP contribution in [0.1, 0.15) is 35.8 Å². The fourth-order valence-electron chi connectivity index (χ4n) is 1.99. The van der Waals surface area contributed by atoms with Gasteiger partial charge < -0.3 is 14.9 Å². The van der Waals surface area contributed by atoms with E-state index in [0.29, 0.717) is 6.10 Å². The highest BCUT2D eigenvalue weighted by Crippen LogP contribution is 2.29. The normalized spacial score (nSPS) is 16.6. The first-order chi connectivity index (χ1) is 8.74. The molecule has 1 aliphatic carbocycles. The van der Waals surface area contributed by atoms with Gasteiger partial charge in [0, 0.05) is 0 Å². The highest BCUT2D eigenvalue weighted by molar-refractivity contribution is 5.34. The lowest BCUT2D eigenvalue weighted by molar-refractivity contribution is 0.303. The van der Waals surface area contributed by atoms with E-state index in [2.05, 4.69) is 0 Å². The Labute approximate surface area is 107 Å². The van der Waals surface area contributed by atoms with Crippen LogP contribution in [0.25, 0.3) is 0 Å². The molecule has 1 fully saturated rings. The number of hydrogen-bond acceptors (Lipinski definition) is 3. The van der Waals surface area contributed by atoms with Crippen LogP contribution in [0.2, 0.25) is 0 Å². The van der Waals surface area contributed by atoms with Crippen molar-refractivity contribution in [1.29, 1.82) is 0 Å². The molecule has 18 heavy (non-hydrogen) atoms. The second kappa shape index (κ2) is 4.50. The average molecular weight is 243 g/mol. The quantitative estimate of drug-likeness (QED) is 0.897. The molecule has 0 spiro atoms. The predicted molar refractivity (Wildman–Crippen MR) is 69.6 cm³/mol. The molecular weight excluding hydrogens is 226 g/mol. The Balaban J connectivity index is 1.77. The van der Waals surface area contributed by atoms with Crippen molar-refractivity contribution < 1.29 is 9.15 Å². The van der Waals surface area contributed by atoms with Gasteiger partial charge in [0.2, 0.25) is 0 Å². The molecule has 2 aromatic rings. The van der Waals surface area contributed by atoms with Crippen LogP contribution in [0.15, 0.2) is 41.0 Å². The van der Waals surface area contributed by atoms with Gasteiger partial charge in [-0.3, -0.25) is 0 Å². The van der Waals surface area contributed by atoms with Gasteiger partial charge in [-0.1, -0.05) is 12.1 Å². The van der Waals surface area contributed by atoms with Gasteiger partial charge in [-0.15, -0.1) is 0 Å². The van der Waals surface area contributed by atoms with Gasteiger partial charge >= 0.3 is 0 Å². The molecule has 0 radical (unpaired) electrons. The van der Waals surface area contributed by atoms with Crippen LogP contribution in [0.5, 0.6) is 5.75 Å². The summed E-state index contributed by atoms with van der Waals surface area (Å²) in [6.07, 6.45) is 4.45. The van der Waals surface area contributed by atoms with E-state index >= 15 is 0 Å². The summed E-state index contributed by atoms with van der Waals surface area (Å²) < 4.78 is 11.1. The van der Waals surface area contributed by atoms with Crippen molar-refractivity contribution in [2.24, 2.45) is 5.73 Å². The number of ether oxygens (including phenoxy) is 1. The van der Waals surface area contributed by atoms with Gasteiger partial charge in [0.15, 0.2) is 0 Å². The van der Waals surface area contributed by atoms with E-state index in [-0.39, 0.29) is 6.04 Å². The second-order valence-corrected chi connectivity index (χ2v) is 4.83. The Morgan fingerprint density at radius 3 is 2.50 bits per heavy atom. The van der Waals surface area contributed by atoms with Crippen molar-refractivity contribution >= 4 is 0 Å². The molecule has 0 aliphatic heterocycles. The summed E-state index contributed by atoms with van der Waals surface area (Å²) in [5.41, 5.74) is 8.31. The number of aryl methyl sites for hydroxylation is 1. The number of hydrogen-bond donors (Lipinski definition) is 1. The molecule has 94 valence electrons. The Hall–Kier alpha value is -1.74. The van der Waals surface area contributed by atoms with Gasteiger partial charge in [-0.05, 0) is 49.1 Å². The van der Waals surface area contributed by atoms with E-state index < -0.39 is 0 Å². The zero-order chi connectivity index (χ0) is 12.5. The molecule has 1 unspecified atom stereocenters. The van der Waals surface area contributed by atoms with Crippen molar-refractivity contribution in [3.8, 4) is 5.75 Å². The molecule has 3 nitrogen and oxygen atoms in total. The van der Waals surface area contributed by atoms with Crippen molar-refractivity contribution in [3.63, 3.8) is 0 Å². The number of benzene rings is 1. The van der Waals surface area contributed by atoms with Crippen LogP contribution >= 0.6 is 0 Å². The zero-order valence-corrected chi connectivity index (χ0v) is 10.4. The summed E-state index contributed by atoms with van der Waals surface area (Å²) in [7, 11) is 0. The van der Waals surface area contributed by atoms with Crippen molar-refractivity contribution in [1.82, 2.24) is 0 Å². The minimum Gasteiger partial charge on any atom is -0.490 e. The third kappa shape index (κ3) is 2.27. The van der Waals surface area contributed by atoms with Crippen molar-refractivity contribution in [2.45, 2.75) is 31.9 Å². The summed E-state index contributed by atoms with van der Waals surface area (Å²) in [6.45, 7) is 2.00. The third-order valence-corrected chi connectivity index (χ3v) is 3.25. The van der Waals surface area contributed by atoms with Crippen LogP contribution in [0.4, 0.5) is 0 Å².